The van der Waals surface area contributed by atoms with Crippen molar-refractivity contribution in [1.82, 2.24) is 19.4 Å². The summed E-state index contributed by atoms with van der Waals surface area (Å²) in [7, 11) is 0. The molecule has 1 amide bonds. The number of benzene rings is 1. The number of hydrogen-bond acceptors (Lipinski definition) is 6. The lowest BCUT2D eigenvalue weighted by atomic mass is 10.2. The Labute approximate surface area is 197 Å². The van der Waals surface area contributed by atoms with Crippen LogP contribution in [0.25, 0.3) is 11.0 Å². The summed E-state index contributed by atoms with van der Waals surface area (Å²) in [5.74, 6) is 1.41. The first kappa shape index (κ1) is 21.6. The van der Waals surface area contributed by atoms with Crippen LogP contribution in [0, 0.1) is 13.8 Å². The smallest absolute Gasteiger partial charge is 0.233 e. The van der Waals surface area contributed by atoms with Gasteiger partial charge in [0.15, 0.2) is 0 Å². The minimum absolute atomic E-state index is 0.156. The Balaban J connectivity index is 1.27. The molecule has 1 aromatic carbocycles. The molecule has 0 aliphatic carbocycles. The van der Waals surface area contributed by atoms with E-state index in [0.717, 1.165) is 59.3 Å². The summed E-state index contributed by atoms with van der Waals surface area (Å²) in [5, 5.41) is 1.88. The maximum absolute atomic E-state index is 12.9. The Kier molecular flexibility index (Phi) is 6.09. The minimum Gasteiger partial charge on any atom is -0.467 e. The van der Waals surface area contributed by atoms with Crippen LogP contribution in [0.4, 0.5) is 5.69 Å². The Bertz CT molecular complexity index is 1250. The number of carbonyl (C=O) groups excluding carboxylic acids is 1. The molecule has 8 heteroatoms. The summed E-state index contributed by atoms with van der Waals surface area (Å²) >= 11 is 1.50. The van der Waals surface area contributed by atoms with Gasteiger partial charge in [-0.05, 0) is 43.7 Å². The van der Waals surface area contributed by atoms with Gasteiger partial charge < -0.3 is 18.8 Å². The number of amides is 1. The number of aryl methyl sites for hydroxylation is 1. The first-order chi connectivity index (χ1) is 16.1. The second kappa shape index (κ2) is 9.31. The molecule has 0 unspecified atom stereocenters. The number of rotatable bonds is 6. The summed E-state index contributed by atoms with van der Waals surface area (Å²) in [6.07, 6.45) is 3.27. The van der Waals surface area contributed by atoms with Gasteiger partial charge in [0.05, 0.1) is 23.9 Å². The fraction of sp³-hybridized carbons (Fsp3) is 0.320. The number of thioether (sulfide) groups is 1. The lowest BCUT2D eigenvalue weighted by Crippen LogP contribution is -2.49. The van der Waals surface area contributed by atoms with Crippen molar-refractivity contribution < 1.29 is 9.21 Å². The quantitative estimate of drug-likeness (QED) is 0.318. The number of hydrogen-bond donors (Lipinski definition) is 0. The third kappa shape index (κ3) is 4.35. The third-order valence-electron chi connectivity index (χ3n) is 6.35. The topological polar surface area (TPSA) is 67.4 Å². The van der Waals surface area contributed by atoms with Crippen LogP contribution in [0.1, 0.15) is 17.0 Å². The van der Waals surface area contributed by atoms with Crippen molar-refractivity contribution in [3.63, 3.8) is 0 Å². The van der Waals surface area contributed by atoms with Crippen molar-refractivity contribution >= 4 is 34.4 Å². The van der Waals surface area contributed by atoms with Gasteiger partial charge in [0, 0.05) is 37.6 Å². The molecule has 4 heterocycles. The molecule has 1 saturated heterocycles. The number of aromatic nitrogens is 3. The van der Waals surface area contributed by atoms with Crippen LogP contribution in [0.2, 0.25) is 0 Å². The average molecular weight is 462 g/mol. The van der Waals surface area contributed by atoms with Gasteiger partial charge in [-0.1, -0.05) is 30.0 Å². The lowest BCUT2D eigenvalue weighted by molar-refractivity contribution is -0.128. The number of fused-ring (bicyclic) bond motifs is 1. The van der Waals surface area contributed by atoms with Crippen molar-refractivity contribution in [1.29, 1.82) is 0 Å². The molecule has 1 aliphatic rings. The highest BCUT2D eigenvalue weighted by molar-refractivity contribution is 8.00. The molecule has 33 heavy (non-hydrogen) atoms. The summed E-state index contributed by atoms with van der Waals surface area (Å²) in [5.41, 5.74) is 4.37. The Morgan fingerprint density at radius 3 is 2.55 bits per heavy atom. The van der Waals surface area contributed by atoms with Crippen molar-refractivity contribution in [2.45, 2.75) is 25.4 Å². The average Bonchev–Trinajstić information content (AvgIpc) is 3.46. The van der Waals surface area contributed by atoms with E-state index in [2.05, 4.69) is 57.5 Å². The molecule has 0 saturated carbocycles. The Morgan fingerprint density at radius 2 is 1.82 bits per heavy atom. The molecule has 0 atom stereocenters. The van der Waals surface area contributed by atoms with Crippen LogP contribution in [0.5, 0.6) is 0 Å². The van der Waals surface area contributed by atoms with Crippen molar-refractivity contribution in [2.75, 3.05) is 36.8 Å². The van der Waals surface area contributed by atoms with Crippen LogP contribution < -0.4 is 4.90 Å². The van der Waals surface area contributed by atoms with Crippen molar-refractivity contribution in [2.24, 2.45) is 0 Å². The maximum atomic E-state index is 12.9. The number of anilines is 1. The second-order valence-electron chi connectivity index (χ2n) is 8.25. The second-order valence-corrected chi connectivity index (χ2v) is 9.21. The maximum Gasteiger partial charge on any atom is 0.233 e. The molecule has 0 N–H and O–H groups in total. The van der Waals surface area contributed by atoms with E-state index < -0.39 is 0 Å². The zero-order chi connectivity index (χ0) is 22.8. The number of piperazine rings is 1. The normalized spacial score (nSPS) is 14.2. The SMILES string of the molecule is Cc1c(C)n(Cc2ccco2)c2ncnc(SCC(=O)N3CCN(c4ccccc4)CC3)c12. The van der Waals surface area contributed by atoms with Crippen LogP contribution in [0.3, 0.4) is 0 Å². The van der Waals surface area contributed by atoms with E-state index in [1.54, 1.807) is 12.6 Å². The number of nitrogens with zero attached hydrogens (tertiary/aromatic N) is 5. The van der Waals surface area contributed by atoms with Gasteiger partial charge in [-0.3, -0.25) is 4.79 Å². The van der Waals surface area contributed by atoms with Crippen molar-refractivity contribution in [3.8, 4) is 0 Å². The molecule has 4 aromatic rings. The fourth-order valence-corrected chi connectivity index (χ4v) is 5.32. The summed E-state index contributed by atoms with van der Waals surface area (Å²) in [6, 6.07) is 14.2. The van der Waals surface area contributed by atoms with Gasteiger partial charge in [-0.15, -0.1) is 0 Å². The molecule has 0 radical (unpaired) electrons. The summed E-state index contributed by atoms with van der Waals surface area (Å²) < 4.78 is 7.69. The van der Waals surface area contributed by atoms with Gasteiger partial charge >= 0.3 is 0 Å². The van der Waals surface area contributed by atoms with Gasteiger partial charge in [-0.2, -0.15) is 0 Å². The molecule has 1 fully saturated rings. The number of carbonyl (C=O) groups is 1. The van der Waals surface area contributed by atoms with Crippen LogP contribution in [0.15, 0.2) is 64.5 Å². The molecule has 7 nitrogen and oxygen atoms in total. The molecular weight excluding hydrogens is 434 g/mol. The van der Waals surface area contributed by atoms with Crippen LogP contribution >= 0.6 is 11.8 Å². The van der Waals surface area contributed by atoms with E-state index in [0.29, 0.717) is 12.3 Å². The highest BCUT2D eigenvalue weighted by atomic mass is 32.2. The van der Waals surface area contributed by atoms with Crippen LogP contribution in [-0.2, 0) is 11.3 Å². The molecular formula is C25H27N5O2S. The van der Waals surface area contributed by atoms with E-state index in [1.165, 1.54) is 17.4 Å². The standard InChI is InChI=1S/C25H27N5O2S/c1-18-19(2)30(15-21-9-6-14-32-21)24-23(18)25(27-17-26-24)33-16-22(31)29-12-10-28(11-13-29)20-7-4-3-5-8-20/h3-9,14,17H,10-13,15-16H2,1-2H3. The minimum atomic E-state index is 0.156. The van der Waals surface area contributed by atoms with Crippen molar-refractivity contribution in [3.05, 3.63) is 72.1 Å². The van der Waals surface area contributed by atoms with Gasteiger partial charge in [0.1, 0.15) is 22.8 Å². The lowest BCUT2D eigenvalue weighted by Gasteiger charge is -2.36. The molecule has 0 spiro atoms. The molecule has 5 rings (SSSR count). The van der Waals surface area contributed by atoms with E-state index in [9.17, 15) is 4.79 Å². The summed E-state index contributed by atoms with van der Waals surface area (Å²) in [6.45, 7) is 7.99. The highest BCUT2D eigenvalue weighted by Gasteiger charge is 2.23. The fourth-order valence-electron chi connectivity index (χ4n) is 4.37. The Morgan fingerprint density at radius 1 is 1.03 bits per heavy atom. The molecule has 170 valence electrons. The zero-order valence-corrected chi connectivity index (χ0v) is 19.7. The van der Waals surface area contributed by atoms with E-state index in [1.807, 2.05) is 23.1 Å². The van der Waals surface area contributed by atoms with Crippen LogP contribution in [-0.4, -0.2) is 57.3 Å². The zero-order valence-electron chi connectivity index (χ0n) is 18.9. The largest absolute Gasteiger partial charge is 0.467 e. The monoisotopic (exact) mass is 461 g/mol. The van der Waals surface area contributed by atoms with Gasteiger partial charge in [0.2, 0.25) is 5.91 Å². The first-order valence-electron chi connectivity index (χ1n) is 11.1. The van der Waals surface area contributed by atoms with E-state index in [4.69, 9.17) is 4.42 Å². The predicted molar refractivity (Wildman–Crippen MR) is 131 cm³/mol. The highest BCUT2D eigenvalue weighted by Crippen LogP contribution is 2.32. The van der Waals surface area contributed by atoms with E-state index in [-0.39, 0.29) is 5.91 Å². The van der Waals surface area contributed by atoms with E-state index >= 15 is 0 Å². The number of para-hydroxylation sites is 1. The van der Waals surface area contributed by atoms with Gasteiger partial charge in [0.25, 0.3) is 0 Å². The van der Waals surface area contributed by atoms with Gasteiger partial charge in [-0.25, -0.2) is 9.97 Å². The molecule has 3 aromatic heterocycles. The first-order valence-corrected chi connectivity index (χ1v) is 12.1. The third-order valence-corrected chi connectivity index (χ3v) is 7.33. The Hall–Kier alpha value is -3.26. The predicted octanol–water partition coefficient (Wildman–Crippen LogP) is 4.13. The number of furan rings is 1. The summed E-state index contributed by atoms with van der Waals surface area (Å²) in [4.78, 5) is 26.3. The molecule has 1 aliphatic heterocycles. The molecule has 0 bridgehead atoms.